The van der Waals surface area contributed by atoms with E-state index < -0.39 is 16.0 Å². The number of fused-ring (bicyclic) bond motifs is 1. The van der Waals surface area contributed by atoms with Gasteiger partial charge in [0, 0.05) is 37.0 Å². The number of ether oxygens (including phenoxy) is 1. The fourth-order valence-electron chi connectivity index (χ4n) is 6.93. The van der Waals surface area contributed by atoms with Gasteiger partial charge in [0.2, 0.25) is 11.8 Å². The normalized spacial score (nSPS) is 14.3. The molecule has 5 aromatic rings. The van der Waals surface area contributed by atoms with Crippen molar-refractivity contribution in [2.24, 2.45) is 13.0 Å². The first-order chi connectivity index (χ1) is 24.4. The maximum Gasteiger partial charge on any atom is 0.335 e. The predicted molar refractivity (Wildman–Crippen MR) is 196 cm³/mol. The Morgan fingerprint density at radius 1 is 1.02 bits per heavy atom. The van der Waals surface area contributed by atoms with E-state index in [0.29, 0.717) is 24.1 Å². The molecule has 1 aliphatic rings. The van der Waals surface area contributed by atoms with Gasteiger partial charge in [-0.2, -0.15) is 4.98 Å². The van der Waals surface area contributed by atoms with Gasteiger partial charge in [-0.25, -0.2) is 27.9 Å². The summed E-state index contributed by atoms with van der Waals surface area (Å²) >= 11 is 0. The number of carboxylic acids is 1. The molecule has 51 heavy (non-hydrogen) atoms. The van der Waals surface area contributed by atoms with Crippen molar-refractivity contribution in [1.82, 2.24) is 29.8 Å². The molecule has 0 radical (unpaired) electrons. The largest absolute Gasteiger partial charge is 0.478 e. The summed E-state index contributed by atoms with van der Waals surface area (Å²) < 4.78 is 37.8. The van der Waals surface area contributed by atoms with Crippen molar-refractivity contribution < 1.29 is 23.1 Å². The van der Waals surface area contributed by atoms with Gasteiger partial charge in [0.25, 0.3) is 10.0 Å². The van der Waals surface area contributed by atoms with E-state index in [1.807, 2.05) is 45.3 Å². The zero-order chi connectivity index (χ0) is 36.3. The number of benzene rings is 2. The first-order valence-corrected chi connectivity index (χ1v) is 18.9. The number of carbonyl (C=O) groups is 1. The Bertz CT molecular complexity index is 2140. The zero-order valence-corrected chi connectivity index (χ0v) is 30.5. The maximum absolute atomic E-state index is 13.4. The highest BCUT2D eigenvalue weighted by Crippen LogP contribution is 2.31. The summed E-state index contributed by atoms with van der Waals surface area (Å²) in [5, 5.41) is 13.1. The van der Waals surface area contributed by atoms with Crippen LogP contribution in [0.1, 0.15) is 84.7 Å². The van der Waals surface area contributed by atoms with Crippen molar-refractivity contribution in [1.29, 1.82) is 0 Å². The van der Waals surface area contributed by atoms with E-state index in [9.17, 15) is 18.3 Å². The molecule has 0 aliphatic heterocycles. The average molecular weight is 712 g/mol. The van der Waals surface area contributed by atoms with Crippen LogP contribution in [-0.2, 0) is 23.6 Å². The molecule has 2 aromatic carbocycles. The minimum absolute atomic E-state index is 0.0391. The van der Waals surface area contributed by atoms with Gasteiger partial charge in [0.05, 0.1) is 28.0 Å². The molecule has 0 unspecified atom stereocenters. The number of aryl methyl sites for hydroxylation is 3. The number of hydrogen-bond acceptors (Lipinski definition) is 9. The molecule has 6 rings (SSSR count). The quantitative estimate of drug-likeness (QED) is 0.112. The van der Waals surface area contributed by atoms with Gasteiger partial charge < -0.3 is 19.7 Å². The summed E-state index contributed by atoms with van der Waals surface area (Å²) in [4.78, 5) is 30.0. The van der Waals surface area contributed by atoms with Crippen molar-refractivity contribution in [3.63, 3.8) is 0 Å². The van der Waals surface area contributed by atoms with Gasteiger partial charge in [-0.3, -0.25) is 4.98 Å². The van der Waals surface area contributed by atoms with Crippen LogP contribution < -0.4 is 14.8 Å². The van der Waals surface area contributed by atoms with Crippen LogP contribution in [0.4, 0.5) is 5.95 Å². The molecule has 13 heteroatoms. The number of aromatic nitrogens is 5. The van der Waals surface area contributed by atoms with Gasteiger partial charge >= 0.3 is 5.97 Å². The van der Waals surface area contributed by atoms with Crippen LogP contribution in [0.25, 0.3) is 22.4 Å². The summed E-state index contributed by atoms with van der Waals surface area (Å²) in [7, 11) is -2.21. The van der Waals surface area contributed by atoms with E-state index in [0.717, 1.165) is 46.0 Å². The minimum Gasteiger partial charge on any atom is -0.478 e. The second-order valence-electron chi connectivity index (χ2n) is 13.7. The standard InChI is InChI=1S/C38H45N7O5S/c1-23(2)33-18-32-36(45(33)5)41-29(21-40-32)20-39-28(16-26-12-6-7-13-26)22-50-34-19-31(35-24(3)10-8-11-25(35)4)42-38(43-34)44-51(48,49)30-15-9-14-27(17-30)37(46)47/h8-11,14-15,17-19,21,23,26,28,39H,6-7,12-13,16,20,22H2,1-5H3,(H,46,47)(H,42,43,44)/t28-/m1/s1. The number of hydrogen-bond donors (Lipinski definition) is 3. The van der Waals surface area contributed by atoms with Crippen molar-refractivity contribution >= 4 is 33.1 Å². The van der Waals surface area contributed by atoms with E-state index in [4.69, 9.17) is 9.72 Å². The molecule has 12 nitrogen and oxygen atoms in total. The van der Waals surface area contributed by atoms with Crippen LogP contribution in [0.3, 0.4) is 0 Å². The molecule has 1 fully saturated rings. The van der Waals surface area contributed by atoms with Gasteiger partial charge in [-0.05, 0) is 67.5 Å². The molecule has 3 heterocycles. The van der Waals surface area contributed by atoms with Gasteiger partial charge in [0.1, 0.15) is 12.1 Å². The van der Waals surface area contributed by atoms with Gasteiger partial charge in [0.15, 0.2) is 5.65 Å². The predicted octanol–water partition coefficient (Wildman–Crippen LogP) is 6.78. The minimum atomic E-state index is -4.23. The molecule has 1 atom stereocenters. The SMILES string of the molecule is Cc1cccc(C)c1-c1cc(OC[C@@H](CC2CCCC2)NCc2cnc3cc(C(C)C)n(C)c3n2)nc(NS(=O)(=O)c2cccc(C(=O)O)c2)n1. The number of nitrogens with one attached hydrogen (secondary N) is 2. The molecular weight excluding hydrogens is 667 g/mol. The molecule has 0 spiro atoms. The van der Waals surface area contributed by atoms with Crippen LogP contribution in [0.2, 0.25) is 0 Å². The number of rotatable bonds is 14. The average Bonchev–Trinajstić information content (AvgIpc) is 3.73. The monoisotopic (exact) mass is 711 g/mol. The van der Waals surface area contributed by atoms with E-state index in [1.165, 1.54) is 49.6 Å². The van der Waals surface area contributed by atoms with Crippen LogP contribution in [0.15, 0.2) is 65.7 Å². The lowest BCUT2D eigenvalue weighted by Crippen LogP contribution is -2.36. The second-order valence-corrected chi connectivity index (χ2v) is 15.4. The summed E-state index contributed by atoms with van der Waals surface area (Å²) in [6.45, 7) is 9.03. The van der Waals surface area contributed by atoms with E-state index in [2.05, 4.69) is 49.5 Å². The first kappa shape index (κ1) is 35.9. The van der Waals surface area contributed by atoms with Crippen molar-refractivity contribution in [3.05, 3.63) is 88.9 Å². The summed E-state index contributed by atoms with van der Waals surface area (Å²) in [5.74, 6) is -0.274. The Balaban J connectivity index is 1.27. The molecule has 1 saturated carbocycles. The topological polar surface area (TPSA) is 161 Å². The summed E-state index contributed by atoms with van der Waals surface area (Å²) in [6.07, 6.45) is 7.51. The van der Waals surface area contributed by atoms with E-state index >= 15 is 0 Å². The second kappa shape index (κ2) is 15.2. The molecule has 268 valence electrons. The molecule has 0 saturated heterocycles. The van der Waals surface area contributed by atoms with Crippen molar-refractivity contribution in [2.75, 3.05) is 11.3 Å². The number of nitrogens with zero attached hydrogens (tertiary/aromatic N) is 5. The number of aromatic carboxylic acids is 1. The highest BCUT2D eigenvalue weighted by Gasteiger charge is 2.23. The third kappa shape index (κ3) is 8.37. The van der Waals surface area contributed by atoms with E-state index in [1.54, 1.807) is 6.07 Å². The molecule has 3 aromatic heterocycles. The van der Waals surface area contributed by atoms with Crippen LogP contribution in [0.5, 0.6) is 5.88 Å². The lowest BCUT2D eigenvalue weighted by Gasteiger charge is -2.22. The van der Waals surface area contributed by atoms with Crippen molar-refractivity contribution in [3.8, 4) is 17.1 Å². The lowest BCUT2D eigenvalue weighted by molar-refractivity contribution is 0.0696. The summed E-state index contributed by atoms with van der Waals surface area (Å²) in [5.41, 5.74) is 6.85. The van der Waals surface area contributed by atoms with Gasteiger partial charge in [-0.15, -0.1) is 0 Å². The van der Waals surface area contributed by atoms with Crippen LogP contribution in [0, 0.1) is 19.8 Å². The Morgan fingerprint density at radius 3 is 2.45 bits per heavy atom. The lowest BCUT2D eigenvalue weighted by atomic mass is 9.98. The van der Waals surface area contributed by atoms with Crippen molar-refractivity contribution in [2.45, 2.75) is 83.2 Å². The number of sulfonamides is 1. The fourth-order valence-corrected chi connectivity index (χ4v) is 7.92. The third-order valence-electron chi connectivity index (χ3n) is 9.57. The molecule has 3 N–H and O–H groups in total. The Hall–Kier alpha value is -4.88. The molecule has 0 amide bonds. The number of carboxylic acid groups (broad SMARTS) is 1. The Kier molecular flexibility index (Phi) is 10.7. The molecular formula is C38H45N7O5S. The highest BCUT2D eigenvalue weighted by molar-refractivity contribution is 7.92. The van der Waals surface area contributed by atoms with Gasteiger partial charge in [-0.1, -0.05) is 63.8 Å². The highest BCUT2D eigenvalue weighted by atomic mass is 32.2. The number of anilines is 1. The first-order valence-electron chi connectivity index (χ1n) is 17.4. The fraction of sp³-hybridized carbons (Fsp3) is 0.395. The molecule has 1 aliphatic carbocycles. The Morgan fingerprint density at radius 2 is 1.75 bits per heavy atom. The zero-order valence-electron chi connectivity index (χ0n) is 29.7. The Labute approximate surface area is 298 Å². The maximum atomic E-state index is 13.4. The van der Waals surface area contributed by atoms with Crippen LogP contribution >= 0.6 is 0 Å². The molecule has 0 bridgehead atoms. The summed E-state index contributed by atoms with van der Waals surface area (Å²) in [6, 6.07) is 14.8. The van der Waals surface area contributed by atoms with E-state index in [-0.39, 0.29) is 34.9 Å². The third-order valence-corrected chi connectivity index (χ3v) is 10.9. The van der Waals surface area contributed by atoms with Crippen LogP contribution in [-0.4, -0.2) is 56.6 Å². The smallest absolute Gasteiger partial charge is 0.335 e.